The van der Waals surface area contributed by atoms with Gasteiger partial charge in [0.05, 0.1) is 0 Å². The summed E-state index contributed by atoms with van der Waals surface area (Å²) in [4.78, 5) is 0. The molecule has 0 bridgehead atoms. The molecule has 1 rings (SSSR count). The second-order valence-electron chi connectivity index (χ2n) is 5.67. The van der Waals surface area contributed by atoms with Gasteiger partial charge in [-0.3, -0.25) is 0 Å². The summed E-state index contributed by atoms with van der Waals surface area (Å²) in [6, 6.07) is 9.12. The summed E-state index contributed by atoms with van der Waals surface area (Å²) in [6.07, 6.45) is 8.57. The van der Waals surface area contributed by atoms with E-state index in [1.165, 1.54) is 42.4 Å². The maximum Gasteiger partial charge on any atom is -0.0276 e. The van der Waals surface area contributed by atoms with Crippen molar-refractivity contribution in [3.63, 3.8) is 0 Å². The van der Waals surface area contributed by atoms with Gasteiger partial charge in [0.1, 0.15) is 0 Å². The topological polar surface area (TPSA) is 0 Å². The summed E-state index contributed by atoms with van der Waals surface area (Å²) in [5, 5.41) is 0. The van der Waals surface area contributed by atoms with E-state index >= 15 is 0 Å². The maximum absolute atomic E-state index is 2.37. The monoisotopic (exact) mass is 244 g/mol. The molecule has 0 aromatic heterocycles. The molecule has 1 aromatic rings. The minimum atomic E-state index is 0.825. The highest BCUT2D eigenvalue weighted by molar-refractivity contribution is 5.22. The van der Waals surface area contributed by atoms with Gasteiger partial charge in [-0.2, -0.15) is 0 Å². The zero-order valence-electron chi connectivity index (χ0n) is 12.5. The van der Waals surface area contributed by atoms with Gasteiger partial charge in [0.25, 0.3) is 0 Å². The molecule has 0 saturated carbocycles. The van der Waals surface area contributed by atoms with Crippen molar-refractivity contribution in [1.82, 2.24) is 0 Å². The Labute approximate surface area is 113 Å². The van der Waals surface area contributed by atoms with E-state index in [1.807, 2.05) is 0 Å². The van der Waals surface area contributed by atoms with Crippen molar-refractivity contribution in [3.05, 3.63) is 47.0 Å². The van der Waals surface area contributed by atoms with Crippen LogP contribution in [0.5, 0.6) is 0 Å². The molecular formula is C18H28. The molecule has 0 nitrogen and oxygen atoms in total. The standard InChI is InChI=1S/C18H28/c1-5-17-11-13-18(14-12-17)10-9-16(4)8-6-7-15(2)3/h7,11-14,16H,5-6,8-10H2,1-4H3. The van der Waals surface area contributed by atoms with Crippen molar-refractivity contribution in [3.8, 4) is 0 Å². The molecule has 0 spiro atoms. The van der Waals surface area contributed by atoms with Crippen LogP contribution in [0.1, 0.15) is 58.1 Å². The van der Waals surface area contributed by atoms with Crippen molar-refractivity contribution in [2.75, 3.05) is 0 Å². The molecule has 0 saturated heterocycles. The van der Waals surface area contributed by atoms with Crippen LogP contribution in [-0.2, 0) is 12.8 Å². The van der Waals surface area contributed by atoms with Gasteiger partial charge in [-0.05, 0) is 63.0 Å². The predicted octanol–water partition coefficient (Wildman–Crippen LogP) is 5.56. The Hall–Kier alpha value is -1.04. The third-order valence-electron chi connectivity index (χ3n) is 3.57. The normalized spacial score (nSPS) is 12.2. The number of rotatable bonds is 7. The van der Waals surface area contributed by atoms with Crippen LogP contribution < -0.4 is 0 Å². The first kappa shape index (κ1) is 15.0. The first-order valence-electron chi connectivity index (χ1n) is 7.33. The highest BCUT2D eigenvalue weighted by Crippen LogP contribution is 2.16. The molecule has 1 unspecified atom stereocenters. The molecule has 18 heavy (non-hydrogen) atoms. The van der Waals surface area contributed by atoms with Crippen molar-refractivity contribution in [2.45, 2.75) is 59.8 Å². The molecule has 0 heterocycles. The Morgan fingerprint density at radius 2 is 1.67 bits per heavy atom. The molecule has 1 atom stereocenters. The van der Waals surface area contributed by atoms with Crippen LogP contribution in [-0.4, -0.2) is 0 Å². The highest BCUT2D eigenvalue weighted by Gasteiger charge is 2.02. The molecule has 0 aliphatic carbocycles. The van der Waals surface area contributed by atoms with Crippen LogP contribution in [0.3, 0.4) is 0 Å². The number of aryl methyl sites for hydroxylation is 2. The average molecular weight is 244 g/mol. The van der Waals surface area contributed by atoms with Gasteiger partial charge in [0, 0.05) is 0 Å². The Bertz CT molecular complexity index is 352. The summed E-state index contributed by atoms with van der Waals surface area (Å²) < 4.78 is 0. The maximum atomic E-state index is 2.37. The lowest BCUT2D eigenvalue weighted by atomic mass is 9.96. The predicted molar refractivity (Wildman–Crippen MR) is 82.0 cm³/mol. The van der Waals surface area contributed by atoms with Crippen LogP contribution in [0.4, 0.5) is 0 Å². The Kier molecular flexibility index (Phi) is 6.78. The summed E-state index contributed by atoms with van der Waals surface area (Å²) in [6.45, 7) is 8.94. The van der Waals surface area contributed by atoms with Gasteiger partial charge in [0.2, 0.25) is 0 Å². The number of allylic oxidation sites excluding steroid dienone is 2. The van der Waals surface area contributed by atoms with E-state index in [2.05, 4.69) is 58.0 Å². The second-order valence-corrected chi connectivity index (χ2v) is 5.67. The molecule has 0 N–H and O–H groups in total. The average Bonchev–Trinajstić information content (AvgIpc) is 2.36. The number of benzene rings is 1. The van der Waals surface area contributed by atoms with E-state index in [0.29, 0.717) is 0 Å². The van der Waals surface area contributed by atoms with E-state index in [0.717, 1.165) is 12.3 Å². The molecule has 100 valence electrons. The van der Waals surface area contributed by atoms with Gasteiger partial charge < -0.3 is 0 Å². The minimum Gasteiger partial charge on any atom is -0.0859 e. The molecular weight excluding hydrogens is 216 g/mol. The SMILES string of the molecule is CCc1ccc(CCC(C)CCC=C(C)C)cc1. The Balaban J connectivity index is 2.28. The van der Waals surface area contributed by atoms with Crippen LogP contribution in [0, 0.1) is 5.92 Å². The summed E-state index contributed by atoms with van der Waals surface area (Å²) in [5.41, 5.74) is 4.37. The Morgan fingerprint density at radius 3 is 2.22 bits per heavy atom. The first-order chi connectivity index (χ1) is 8.61. The molecule has 0 amide bonds. The molecule has 0 heteroatoms. The lowest BCUT2D eigenvalue weighted by molar-refractivity contribution is 0.497. The number of hydrogen-bond acceptors (Lipinski definition) is 0. The highest BCUT2D eigenvalue weighted by atomic mass is 14.1. The quantitative estimate of drug-likeness (QED) is 0.550. The fraction of sp³-hybridized carbons (Fsp3) is 0.556. The molecule has 0 fully saturated rings. The second kappa shape index (κ2) is 8.13. The van der Waals surface area contributed by atoms with Crippen LogP contribution in [0.15, 0.2) is 35.9 Å². The van der Waals surface area contributed by atoms with Gasteiger partial charge in [-0.25, -0.2) is 0 Å². The molecule has 0 radical (unpaired) electrons. The smallest absolute Gasteiger partial charge is 0.0276 e. The summed E-state index contributed by atoms with van der Waals surface area (Å²) in [5.74, 6) is 0.825. The largest absolute Gasteiger partial charge is 0.0859 e. The third-order valence-corrected chi connectivity index (χ3v) is 3.57. The lowest BCUT2D eigenvalue weighted by Gasteiger charge is -2.10. The zero-order valence-corrected chi connectivity index (χ0v) is 12.5. The van der Waals surface area contributed by atoms with Gasteiger partial charge in [-0.15, -0.1) is 0 Å². The molecule has 1 aromatic carbocycles. The van der Waals surface area contributed by atoms with E-state index in [-0.39, 0.29) is 0 Å². The summed E-state index contributed by atoms with van der Waals surface area (Å²) in [7, 11) is 0. The van der Waals surface area contributed by atoms with E-state index in [9.17, 15) is 0 Å². The van der Waals surface area contributed by atoms with Crippen LogP contribution >= 0.6 is 0 Å². The van der Waals surface area contributed by atoms with Gasteiger partial charge >= 0.3 is 0 Å². The fourth-order valence-corrected chi connectivity index (χ4v) is 2.16. The van der Waals surface area contributed by atoms with Crippen molar-refractivity contribution >= 4 is 0 Å². The van der Waals surface area contributed by atoms with E-state index < -0.39 is 0 Å². The number of hydrogen-bond donors (Lipinski definition) is 0. The summed E-state index contributed by atoms with van der Waals surface area (Å²) >= 11 is 0. The zero-order chi connectivity index (χ0) is 13.4. The van der Waals surface area contributed by atoms with Crippen molar-refractivity contribution in [1.29, 1.82) is 0 Å². The van der Waals surface area contributed by atoms with Crippen LogP contribution in [0.2, 0.25) is 0 Å². The first-order valence-corrected chi connectivity index (χ1v) is 7.33. The fourth-order valence-electron chi connectivity index (χ4n) is 2.16. The van der Waals surface area contributed by atoms with E-state index in [1.54, 1.807) is 0 Å². The minimum absolute atomic E-state index is 0.825. The van der Waals surface area contributed by atoms with Crippen molar-refractivity contribution < 1.29 is 0 Å². The van der Waals surface area contributed by atoms with E-state index in [4.69, 9.17) is 0 Å². The van der Waals surface area contributed by atoms with Gasteiger partial charge in [-0.1, -0.05) is 49.8 Å². The van der Waals surface area contributed by atoms with Gasteiger partial charge in [0.15, 0.2) is 0 Å². The third kappa shape index (κ3) is 6.05. The Morgan fingerprint density at radius 1 is 1.06 bits per heavy atom. The molecule has 0 aliphatic rings. The molecule has 0 aliphatic heterocycles. The lowest BCUT2D eigenvalue weighted by Crippen LogP contribution is -1.97. The van der Waals surface area contributed by atoms with Crippen molar-refractivity contribution in [2.24, 2.45) is 5.92 Å². The van der Waals surface area contributed by atoms with Crippen LogP contribution in [0.25, 0.3) is 0 Å².